The molecule has 0 aliphatic heterocycles. The van der Waals surface area contributed by atoms with Crippen molar-refractivity contribution >= 4 is 17.1 Å². The standard InChI is InChI=1S/C17H20N4O3/c22-17(23-11-5-1-4-10-21-13-18-12-19-21)9-8-16-20-14-6-2-3-7-15(14)24-16/h2-3,6-7,12-13H,1,4-5,8-11H2. The lowest BCUT2D eigenvalue weighted by molar-refractivity contribution is -0.143. The molecule has 1 aromatic carbocycles. The van der Waals surface area contributed by atoms with Gasteiger partial charge in [-0.25, -0.2) is 9.97 Å². The molecule has 0 radical (unpaired) electrons. The zero-order valence-corrected chi connectivity index (χ0v) is 13.4. The Labute approximate surface area is 139 Å². The van der Waals surface area contributed by atoms with E-state index >= 15 is 0 Å². The summed E-state index contributed by atoms with van der Waals surface area (Å²) in [6.07, 6.45) is 6.79. The molecule has 0 unspecified atom stereocenters. The van der Waals surface area contributed by atoms with Gasteiger partial charge in [0.05, 0.1) is 13.0 Å². The molecule has 0 amide bonds. The van der Waals surface area contributed by atoms with Crippen LogP contribution in [0.2, 0.25) is 0 Å². The highest BCUT2D eigenvalue weighted by atomic mass is 16.5. The number of carbonyl (C=O) groups is 1. The summed E-state index contributed by atoms with van der Waals surface area (Å²) in [5.41, 5.74) is 1.56. The van der Waals surface area contributed by atoms with Crippen molar-refractivity contribution in [1.29, 1.82) is 0 Å². The maximum absolute atomic E-state index is 11.7. The number of benzene rings is 1. The molecule has 3 rings (SSSR count). The summed E-state index contributed by atoms with van der Waals surface area (Å²) in [5, 5.41) is 4.04. The number of aryl methyl sites for hydroxylation is 2. The Kier molecular flexibility index (Phi) is 5.55. The molecule has 2 aromatic heterocycles. The predicted molar refractivity (Wildman–Crippen MR) is 87.2 cm³/mol. The second kappa shape index (κ2) is 8.24. The summed E-state index contributed by atoms with van der Waals surface area (Å²) < 4.78 is 12.6. The average Bonchev–Trinajstić information content (AvgIpc) is 3.25. The van der Waals surface area contributed by atoms with Gasteiger partial charge in [-0.2, -0.15) is 5.10 Å². The summed E-state index contributed by atoms with van der Waals surface area (Å²) >= 11 is 0. The second-order valence-corrected chi connectivity index (χ2v) is 5.52. The smallest absolute Gasteiger partial charge is 0.306 e. The molecule has 0 N–H and O–H groups in total. The molecule has 0 saturated heterocycles. The normalized spacial score (nSPS) is 11.0. The molecule has 0 aliphatic rings. The molecule has 7 heteroatoms. The van der Waals surface area contributed by atoms with Crippen LogP contribution in [0.5, 0.6) is 0 Å². The SMILES string of the molecule is O=C(CCc1nc2ccccc2o1)OCCCCCn1cncn1. The van der Waals surface area contributed by atoms with Gasteiger partial charge in [0.2, 0.25) is 0 Å². The van der Waals surface area contributed by atoms with Gasteiger partial charge in [-0.1, -0.05) is 12.1 Å². The Balaban J connectivity index is 1.28. The van der Waals surface area contributed by atoms with E-state index in [1.807, 2.05) is 24.3 Å². The van der Waals surface area contributed by atoms with Crippen molar-refractivity contribution in [3.63, 3.8) is 0 Å². The second-order valence-electron chi connectivity index (χ2n) is 5.52. The fourth-order valence-corrected chi connectivity index (χ4v) is 2.39. The Hall–Kier alpha value is -2.70. The number of hydrogen-bond donors (Lipinski definition) is 0. The van der Waals surface area contributed by atoms with E-state index in [1.54, 1.807) is 11.0 Å². The van der Waals surface area contributed by atoms with E-state index in [0.29, 0.717) is 18.9 Å². The molecule has 0 aliphatic carbocycles. The van der Waals surface area contributed by atoms with Gasteiger partial charge in [0, 0.05) is 13.0 Å². The molecule has 0 spiro atoms. The lowest BCUT2D eigenvalue weighted by Gasteiger charge is -2.04. The molecular weight excluding hydrogens is 308 g/mol. The van der Waals surface area contributed by atoms with Crippen LogP contribution in [0.15, 0.2) is 41.3 Å². The first-order valence-electron chi connectivity index (χ1n) is 8.14. The molecule has 2 heterocycles. The maximum atomic E-state index is 11.7. The van der Waals surface area contributed by atoms with Crippen molar-refractivity contribution in [2.24, 2.45) is 0 Å². The number of rotatable bonds is 9. The number of aromatic nitrogens is 4. The third kappa shape index (κ3) is 4.65. The Morgan fingerprint density at radius 3 is 2.96 bits per heavy atom. The quantitative estimate of drug-likeness (QED) is 0.444. The third-order valence-electron chi connectivity index (χ3n) is 3.64. The molecule has 24 heavy (non-hydrogen) atoms. The Morgan fingerprint density at radius 1 is 1.21 bits per heavy atom. The summed E-state index contributed by atoms with van der Waals surface area (Å²) in [6, 6.07) is 7.56. The molecule has 0 atom stereocenters. The molecule has 3 aromatic rings. The zero-order valence-electron chi connectivity index (χ0n) is 13.4. The minimum atomic E-state index is -0.214. The van der Waals surface area contributed by atoms with Crippen LogP contribution in [0, 0.1) is 0 Å². The van der Waals surface area contributed by atoms with Gasteiger partial charge in [-0.05, 0) is 31.4 Å². The van der Waals surface area contributed by atoms with E-state index in [4.69, 9.17) is 9.15 Å². The number of nitrogens with zero attached hydrogens (tertiary/aromatic N) is 4. The van der Waals surface area contributed by atoms with Crippen LogP contribution in [-0.2, 0) is 22.5 Å². The molecule has 0 fully saturated rings. The number of fused-ring (bicyclic) bond motifs is 1. The van der Waals surface area contributed by atoms with Crippen LogP contribution in [0.4, 0.5) is 0 Å². The van der Waals surface area contributed by atoms with E-state index in [1.165, 1.54) is 6.33 Å². The van der Waals surface area contributed by atoms with Crippen LogP contribution in [0.3, 0.4) is 0 Å². The molecule has 7 nitrogen and oxygen atoms in total. The van der Waals surface area contributed by atoms with Gasteiger partial charge in [-0.3, -0.25) is 9.48 Å². The number of para-hydroxylation sites is 2. The molecule has 126 valence electrons. The molecular formula is C17H20N4O3. The van der Waals surface area contributed by atoms with Crippen LogP contribution in [0.25, 0.3) is 11.1 Å². The highest BCUT2D eigenvalue weighted by Crippen LogP contribution is 2.15. The van der Waals surface area contributed by atoms with Crippen LogP contribution in [0.1, 0.15) is 31.6 Å². The van der Waals surface area contributed by atoms with E-state index in [-0.39, 0.29) is 12.4 Å². The van der Waals surface area contributed by atoms with Crippen molar-refractivity contribution in [2.75, 3.05) is 6.61 Å². The number of esters is 1. The van der Waals surface area contributed by atoms with E-state index in [9.17, 15) is 4.79 Å². The lowest BCUT2D eigenvalue weighted by atomic mass is 10.2. The van der Waals surface area contributed by atoms with Gasteiger partial charge in [0.1, 0.15) is 18.2 Å². The highest BCUT2D eigenvalue weighted by Gasteiger charge is 2.09. The zero-order chi connectivity index (χ0) is 16.6. The Bertz CT molecular complexity index is 734. The first-order valence-corrected chi connectivity index (χ1v) is 8.14. The molecule has 0 saturated carbocycles. The van der Waals surface area contributed by atoms with Gasteiger partial charge >= 0.3 is 5.97 Å². The topological polar surface area (TPSA) is 83.0 Å². The van der Waals surface area contributed by atoms with Gasteiger partial charge in [0.25, 0.3) is 0 Å². The van der Waals surface area contributed by atoms with Crippen LogP contribution >= 0.6 is 0 Å². The summed E-state index contributed by atoms with van der Waals surface area (Å²) in [5.74, 6) is 0.356. The van der Waals surface area contributed by atoms with Gasteiger partial charge < -0.3 is 9.15 Å². The predicted octanol–water partition coefficient (Wildman–Crippen LogP) is 2.77. The minimum absolute atomic E-state index is 0.214. The van der Waals surface area contributed by atoms with Gasteiger partial charge in [-0.15, -0.1) is 0 Å². The minimum Gasteiger partial charge on any atom is -0.466 e. The van der Waals surface area contributed by atoms with Crippen LogP contribution in [-0.4, -0.2) is 32.3 Å². The number of ether oxygens (including phenoxy) is 1. The number of carbonyl (C=O) groups excluding carboxylic acids is 1. The first kappa shape index (κ1) is 16.2. The van der Waals surface area contributed by atoms with Gasteiger partial charge in [0.15, 0.2) is 11.5 Å². The molecule has 0 bridgehead atoms. The number of oxazole rings is 1. The van der Waals surface area contributed by atoms with Crippen molar-refractivity contribution in [3.05, 3.63) is 42.8 Å². The summed E-state index contributed by atoms with van der Waals surface area (Å²) in [4.78, 5) is 20.0. The maximum Gasteiger partial charge on any atom is 0.306 e. The first-order chi connectivity index (χ1) is 11.8. The fraction of sp³-hybridized carbons (Fsp3) is 0.412. The lowest BCUT2D eigenvalue weighted by Crippen LogP contribution is -2.07. The van der Waals surface area contributed by atoms with Crippen LogP contribution < -0.4 is 0 Å². The highest BCUT2D eigenvalue weighted by molar-refractivity contribution is 5.72. The number of unbranched alkanes of at least 4 members (excludes halogenated alkanes) is 2. The fourth-order valence-electron chi connectivity index (χ4n) is 2.39. The van der Waals surface area contributed by atoms with Crippen molar-refractivity contribution in [3.8, 4) is 0 Å². The monoisotopic (exact) mass is 328 g/mol. The van der Waals surface area contributed by atoms with Crippen molar-refractivity contribution in [2.45, 2.75) is 38.6 Å². The number of hydrogen-bond acceptors (Lipinski definition) is 6. The van der Waals surface area contributed by atoms with E-state index < -0.39 is 0 Å². The largest absolute Gasteiger partial charge is 0.466 e. The Morgan fingerprint density at radius 2 is 2.12 bits per heavy atom. The average molecular weight is 328 g/mol. The summed E-state index contributed by atoms with van der Waals surface area (Å²) in [6.45, 7) is 1.29. The third-order valence-corrected chi connectivity index (χ3v) is 3.64. The van der Waals surface area contributed by atoms with E-state index in [0.717, 1.165) is 36.9 Å². The van der Waals surface area contributed by atoms with Crippen molar-refractivity contribution in [1.82, 2.24) is 19.7 Å². The van der Waals surface area contributed by atoms with Crippen molar-refractivity contribution < 1.29 is 13.9 Å². The van der Waals surface area contributed by atoms with E-state index in [2.05, 4.69) is 15.1 Å². The summed E-state index contributed by atoms with van der Waals surface area (Å²) in [7, 11) is 0.